The van der Waals surface area contributed by atoms with E-state index in [1.165, 1.54) is 30.5 Å². The van der Waals surface area contributed by atoms with Crippen molar-refractivity contribution in [1.82, 2.24) is 4.98 Å². The van der Waals surface area contributed by atoms with Gasteiger partial charge in [0.05, 0.1) is 5.69 Å². The Morgan fingerprint density at radius 2 is 2.05 bits per heavy atom. The summed E-state index contributed by atoms with van der Waals surface area (Å²) in [7, 11) is -4.16. The second-order valence-corrected chi connectivity index (χ2v) is 5.68. The summed E-state index contributed by atoms with van der Waals surface area (Å²) in [5.41, 5.74) is 5.30. The van der Waals surface area contributed by atoms with E-state index >= 15 is 0 Å². The van der Waals surface area contributed by atoms with Crippen molar-refractivity contribution >= 4 is 33.1 Å². The number of rotatable bonds is 3. The number of aromatic nitrogens is 1. The normalized spacial score (nSPS) is 11.3. The van der Waals surface area contributed by atoms with E-state index in [0.29, 0.717) is 5.02 Å². The predicted octanol–water partition coefficient (Wildman–Crippen LogP) is 2.26. The van der Waals surface area contributed by atoms with Gasteiger partial charge in [0.2, 0.25) is 0 Å². The molecule has 0 aliphatic carbocycles. The Kier molecular flexibility index (Phi) is 3.59. The lowest BCUT2D eigenvalue weighted by molar-refractivity contribution is 0.571. The first-order chi connectivity index (χ1) is 8.90. The summed E-state index contributed by atoms with van der Waals surface area (Å²) < 4.78 is 39.8. The third-order valence-corrected chi connectivity index (χ3v) is 3.91. The van der Waals surface area contributed by atoms with E-state index in [1.807, 2.05) is 0 Å². The highest BCUT2D eigenvalue weighted by atomic mass is 35.5. The zero-order chi connectivity index (χ0) is 14.0. The number of nitrogens with zero attached hydrogens (tertiary/aromatic N) is 1. The van der Waals surface area contributed by atoms with Gasteiger partial charge in [-0.05, 0) is 18.2 Å². The Balaban J connectivity index is 2.44. The zero-order valence-electron chi connectivity index (χ0n) is 9.47. The first-order valence-corrected chi connectivity index (χ1v) is 6.94. The summed E-state index contributed by atoms with van der Waals surface area (Å²) in [5, 5.41) is 0.300. The molecule has 0 saturated carbocycles. The van der Waals surface area contributed by atoms with Gasteiger partial charge >= 0.3 is 0 Å². The minimum absolute atomic E-state index is 0.0184. The maximum absolute atomic E-state index is 13.6. The standard InChI is InChI=1S/C11H9ClFN3O2S/c12-7-4-5-15-10(6-7)16-19(17,18)11-8(13)2-1-3-9(11)14/h1-6H,14H2,(H,15,16). The van der Waals surface area contributed by atoms with E-state index in [4.69, 9.17) is 17.3 Å². The minimum Gasteiger partial charge on any atom is -0.398 e. The van der Waals surface area contributed by atoms with Gasteiger partial charge in [-0.15, -0.1) is 0 Å². The van der Waals surface area contributed by atoms with E-state index in [1.54, 1.807) is 0 Å². The first kappa shape index (κ1) is 13.6. The van der Waals surface area contributed by atoms with E-state index < -0.39 is 20.7 Å². The fourth-order valence-corrected chi connectivity index (χ4v) is 2.81. The average molecular weight is 302 g/mol. The average Bonchev–Trinajstić information content (AvgIpc) is 2.27. The molecular formula is C11H9ClFN3O2S. The van der Waals surface area contributed by atoms with Gasteiger partial charge in [-0.25, -0.2) is 17.8 Å². The molecule has 2 aromatic rings. The fraction of sp³-hybridized carbons (Fsp3) is 0. The monoisotopic (exact) mass is 301 g/mol. The molecule has 0 saturated heterocycles. The van der Waals surface area contributed by atoms with Crippen molar-refractivity contribution < 1.29 is 12.8 Å². The molecule has 0 bridgehead atoms. The van der Waals surface area contributed by atoms with Crippen molar-refractivity contribution in [1.29, 1.82) is 0 Å². The summed E-state index contributed by atoms with van der Waals surface area (Å²) in [5.74, 6) is -0.954. The van der Waals surface area contributed by atoms with Crippen molar-refractivity contribution in [3.63, 3.8) is 0 Å². The number of pyridine rings is 1. The highest BCUT2D eigenvalue weighted by Crippen LogP contribution is 2.24. The van der Waals surface area contributed by atoms with Crippen molar-refractivity contribution in [3.05, 3.63) is 47.4 Å². The second-order valence-electron chi connectivity index (χ2n) is 3.62. The molecule has 8 heteroatoms. The van der Waals surface area contributed by atoms with E-state index in [0.717, 1.165) is 6.07 Å². The number of hydrogen-bond donors (Lipinski definition) is 2. The molecule has 0 unspecified atom stereocenters. The molecule has 5 nitrogen and oxygen atoms in total. The number of nitrogens with one attached hydrogen (secondary N) is 1. The molecule has 0 atom stereocenters. The van der Waals surface area contributed by atoms with Crippen LogP contribution in [0.1, 0.15) is 0 Å². The third-order valence-electron chi connectivity index (χ3n) is 2.23. The maximum Gasteiger partial charge on any atom is 0.268 e. The van der Waals surface area contributed by atoms with Crippen LogP contribution in [0.4, 0.5) is 15.9 Å². The molecule has 1 heterocycles. The summed E-state index contributed by atoms with van der Waals surface area (Å²) in [6.45, 7) is 0. The van der Waals surface area contributed by atoms with Crippen LogP contribution < -0.4 is 10.5 Å². The Hall–Kier alpha value is -1.86. The van der Waals surface area contributed by atoms with Gasteiger partial charge in [0.15, 0.2) is 0 Å². The molecule has 0 spiro atoms. The second kappa shape index (κ2) is 5.02. The van der Waals surface area contributed by atoms with Crippen molar-refractivity contribution in [2.45, 2.75) is 4.90 Å². The lowest BCUT2D eigenvalue weighted by Gasteiger charge is -2.10. The third kappa shape index (κ3) is 2.94. The van der Waals surface area contributed by atoms with Gasteiger partial charge in [0.1, 0.15) is 16.5 Å². The number of nitrogens with two attached hydrogens (primary N) is 1. The van der Waals surface area contributed by atoms with Crippen LogP contribution in [-0.2, 0) is 10.0 Å². The topological polar surface area (TPSA) is 85.1 Å². The van der Waals surface area contributed by atoms with Crippen LogP contribution in [-0.4, -0.2) is 13.4 Å². The van der Waals surface area contributed by atoms with Gasteiger partial charge in [-0.3, -0.25) is 4.72 Å². The number of sulfonamides is 1. The van der Waals surface area contributed by atoms with Crippen LogP contribution in [0.3, 0.4) is 0 Å². The zero-order valence-corrected chi connectivity index (χ0v) is 11.0. The molecule has 3 N–H and O–H groups in total. The van der Waals surface area contributed by atoms with Crippen molar-refractivity contribution in [3.8, 4) is 0 Å². The van der Waals surface area contributed by atoms with Crippen molar-refractivity contribution in [2.24, 2.45) is 0 Å². The molecule has 0 radical (unpaired) electrons. The Morgan fingerprint density at radius 3 is 2.68 bits per heavy atom. The minimum atomic E-state index is -4.16. The molecule has 1 aromatic heterocycles. The van der Waals surface area contributed by atoms with Gasteiger partial charge in [-0.1, -0.05) is 17.7 Å². The highest BCUT2D eigenvalue weighted by Gasteiger charge is 2.22. The molecule has 0 amide bonds. The maximum atomic E-state index is 13.6. The Morgan fingerprint density at radius 1 is 1.32 bits per heavy atom. The van der Waals surface area contributed by atoms with Crippen LogP contribution in [0.2, 0.25) is 5.02 Å². The van der Waals surface area contributed by atoms with Crippen LogP contribution in [0, 0.1) is 5.82 Å². The molecule has 2 rings (SSSR count). The summed E-state index contributed by atoms with van der Waals surface area (Å²) >= 11 is 5.71. The number of nitrogen functional groups attached to an aromatic ring is 1. The predicted molar refractivity (Wildman–Crippen MR) is 70.9 cm³/mol. The number of benzene rings is 1. The van der Waals surface area contributed by atoms with E-state index in [-0.39, 0.29) is 11.5 Å². The molecule has 1 aromatic carbocycles. The molecule has 19 heavy (non-hydrogen) atoms. The van der Waals surface area contributed by atoms with E-state index in [9.17, 15) is 12.8 Å². The van der Waals surface area contributed by atoms with Crippen LogP contribution in [0.5, 0.6) is 0 Å². The Labute approximate surface area is 114 Å². The molecule has 0 fully saturated rings. The Bertz CT molecular complexity index is 701. The summed E-state index contributed by atoms with van der Waals surface area (Å²) in [4.78, 5) is 3.16. The largest absolute Gasteiger partial charge is 0.398 e. The lowest BCUT2D eigenvalue weighted by atomic mass is 10.3. The van der Waals surface area contributed by atoms with Crippen molar-refractivity contribution in [2.75, 3.05) is 10.5 Å². The number of anilines is 2. The summed E-state index contributed by atoms with van der Waals surface area (Å²) in [6, 6.07) is 6.41. The fourth-order valence-electron chi connectivity index (χ4n) is 1.46. The van der Waals surface area contributed by atoms with Gasteiger partial charge < -0.3 is 5.73 Å². The van der Waals surface area contributed by atoms with Crippen LogP contribution >= 0.6 is 11.6 Å². The van der Waals surface area contributed by atoms with E-state index in [2.05, 4.69) is 9.71 Å². The molecule has 100 valence electrons. The summed E-state index contributed by atoms with van der Waals surface area (Å²) in [6.07, 6.45) is 1.32. The van der Waals surface area contributed by atoms with Crippen LogP contribution in [0.25, 0.3) is 0 Å². The van der Waals surface area contributed by atoms with Gasteiger partial charge in [-0.2, -0.15) is 0 Å². The highest BCUT2D eigenvalue weighted by molar-refractivity contribution is 7.92. The number of hydrogen-bond acceptors (Lipinski definition) is 4. The quantitative estimate of drug-likeness (QED) is 0.852. The molecule has 0 aliphatic rings. The van der Waals surface area contributed by atoms with Crippen LogP contribution in [0.15, 0.2) is 41.4 Å². The number of halogens is 2. The smallest absolute Gasteiger partial charge is 0.268 e. The first-order valence-electron chi connectivity index (χ1n) is 5.08. The van der Waals surface area contributed by atoms with Gasteiger partial charge in [0.25, 0.3) is 10.0 Å². The molecular weight excluding hydrogens is 293 g/mol. The van der Waals surface area contributed by atoms with Gasteiger partial charge in [0, 0.05) is 17.3 Å². The molecule has 0 aliphatic heterocycles. The lowest BCUT2D eigenvalue weighted by Crippen LogP contribution is -2.17. The SMILES string of the molecule is Nc1cccc(F)c1S(=O)(=O)Nc1cc(Cl)ccn1.